The molecule has 0 heterocycles. The molecular formula is C19H20ClN3O3S. The van der Waals surface area contributed by atoms with E-state index in [2.05, 4.69) is 16.2 Å². The number of hydrogen-bond donors (Lipinski definition) is 3. The Labute approximate surface area is 168 Å². The van der Waals surface area contributed by atoms with Gasteiger partial charge in [0.05, 0.1) is 16.7 Å². The minimum absolute atomic E-state index is 0.0473. The fraction of sp³-hybridized carbons (Fsp3) is 0.211. The Morgan fingerprint density at radius 3 is 2.56 bits per heavy atom. The predicted molar refractivity (Wildman–Crippen MR) is 109 cm³/mol. The number of hydrazine groups is 1. The van der Waals surface area contributed by atoms with Crippen molar-refractivity contribution >= 4 is 40.7 Å². The standard InChI is InChI=1S/C19H20ClN3O3S/c1-3-12(2)26-14-8-6-7-13(11-14)17(24)21-19(27)23-22-18(25)15-9-4-5-10-16(15)20/h4-12H,3H2,1-2H3,(H,22,25)(H2,21,23,24,27). The summed E-state index contributed by atoms with van der Waals surface area (Å²) in [6.07, 6.45) is 0.904. The van der Waals surface area contributed by atoms with Crippen LogP contribution in [0.5, 0.6) is 5.75 Å². The summed E-state index contributed by atoms with van der Waals surface area (Å²) >= 11 is 11.0. The van der Waals surface area contributed by atoms with Gasteiger partial charge in [0, 0.05) is 5.56 Å². The first kappa shape index (κ1) is 20.7. The van der Waals surface area contributed by atoms with Crippen LogP contribution in [0, 0.1) is 0 Å². The maximum atomic E-state index is 12.3. The second kappa shape index (κ2) is 9.89. The van der Waals surface area contributed by atoms with Crippen molar-refractivity contribution < 1.29 is 14.3 Å². The van der Waals surface area contributed by atoms with Crippen molar-refractivity contribution in [1.29, 1.82) is 0 Å². The summed E-state index contributed by atoms with van der Waals surface area (Å²) in [7, 11) is 0. The highest BCUT2D eigenvalue weighted by atomic mass is 35.5. The number of ether oxygens (including phenoxy) is 1. The lowest BCUT2D eigenvalue weighted by Gasteiger charge is -2.14. The van der Waals surface area contributed by atoms with Gasteiger partial charge in [-0.2, -0.15) is 0 Å². The summed E-state index contributed by atoms with van der Waals surface area (Å²) < 4.78 is 5.70. The lowest BCUT2D eigenvalue weighted by atomic mass is 10.2. The van der Waals surface area contributed by atoms with E-state index in [1.54, 1.807) is 48.5 Å². The normalized spacial score (nSPS) is 11.2. The van der Waals surface area contributed by atoms with Gasteiger partial charge in [-0.3, -0.25) is 25.8 Å². The van der Waals surface area contributed by atoms with Gasteiger partial charge in [0.1, 0.15) is 5.75 Å². The molecule has 3 N–H and O–H groups in total. The molecule has 8 heteroatoms. The molecule has 1 unspecified atom stereocenters. The van der Waals surface area contributed by atoms with E-state index in [1.165, 1.54) is 0 Å². The number of thiocarbonyl (C=S) groups is 1. The van der Waals surface area contributed by atoms with Crippen molar-refractivity contribution in [2.45, 2.75) is 26.4 Å². The van der Waals surface area contributed by atoms with Crippen LogP contribution in [0.2, 0.25) is 5.02 Å². The molecule has 0 aliphatic rings. The molecule has 6 nitrogen and oxygen atoms in total. The molecule has 0 aliphatic heterocycles. The van der Waals surface area contributed by atoms with Gasteiger partial charge in [-0.1, -0.05) is 36.7 Å². The molecule has 0 aliphatic carbocycles. The van der Waals surface area contributed by atoms with Gasteiger partial charge in [-0.25, -0.2) is 0 Å². The maximum absolute atomic E-state index is 12.3. The quantitative estimate of drug-likeness (QED) is 0.524. The van der Waals surface area contributed by atoms with Crippen molar-refractivity contribution in [2.75, 3.05) is 0 Å². The summed E-state index contributed by atoms with van der Waals surface area (Å²) in [5.74, 6) is -0.293. The van der Waals surface area contributed by atoms with Crippen LogP contribution in [0.3, 0.4) is 0 Å². The van der Waals surface area contributed by atoms with E-state index in [0.717, 1.165) is 6.42 Å². The third kappa shape index (κ3) is 6.23. The number of carbonyl (C=O) groups is 2. The van der Waals surface area contributed by atoms with Crippen LogP contribution in [0.1, 0.15) is 41.0 Å². The van der Waals surface area contributed by atoms with Crippen molar-refractivity contribution in [3.63, 3.8) is 0 Å². The number of hydrogen-bond acceptors (Lipinski definition) is 4. The van der Waals surface area contributed by atoms with Gasteiger partial charge in [0.15, 0.2) is 5.11 Å². The average molecular weight is 406 g/mol. The molecule has 0 aromatic heterocycles. The van der Waals surface area contributed by atoms with Gasteiger partial charge in [-0.05, 0) is 55.9 Å². The third-order valence-electron chi connectivity index (χ3n) is 3.64. The second-order valence-corrected chi connectivity index (χ2v) is 6.52. The van der Waals surface area contributed by atoms with E-state index in [-0.39, 0.29) is 16.8 Å². The van der Waals surface area contributed by atoms with E-state index in [0.29, 0.717) is 16.3 Å². The van der Waals surface area contributed by atoms with Gasteiger partial charge in [0.2, 0.25) is 0 Å². The van der Waals surface area contributed by atoms with E-state index in [1.807, 2.05) is 13.8 Å². The summed E-state index contributed by atoms with van der Waals surface area (Å²) in [5.41, 5.74) is 5.54. The lowest BCUT2D eigenvalue weighted by Crippen LogP contribution is -2.48. The Hall–Kier alpha value is -2.64. The maximum Gasteiger partial charge on any atom is 0.271 e. The van der Waals surface area contributed by atoms with E-state index >= 15 is 0 Å². The molecule has 0 radical (unpaired) electrons. The van der Waals surface area contributed by atoms with Crippen LogP contribution in [-0.2, 0) is 0 Å². The van der Waals surface area contributed by atoms with Crippen LogP contribution < -0.4 is 20.9 Å². The number of halogens is 1. The average Bonchev–Trinajstić information content (AvgIpc) is 2.66. The largest absolute Gasteiger partial charge is 0.491 e. The van der Waals surface area contributed by atoms with Crippen LogP contribution in [-0.4, -0.2) is 23.0 Å². The van der Waals surface area contributed by atoms with Gasteiger partial charge < -0.3 is 4.74 Å². The van der Waals surface area contributed by atoms with Gasteiger partial charge in [0.25, 0.3) is 11.8 Å². The SMILES string of the molecule is CCC(C)Oc1cccc(C(=O)NC(=S)NNC(=O)c2ccccc2Cl)c1. The Kier molecular flexibility index (Phi) is 7.57. The first-order valence-corrected chi connectivity index (χ1v) is 9.12. The molecule has 0 saturated heterocycles. The fourth-order valence-corrected chi connectivity index (χ4v) is 2.42. The predicted octanol–water partition coefficient (Wildman–Crippen LogP) is 3.47. The molecule has 2 amide bonds. The van der Waals surface area contributed by atoms with E-state index < -0.39 is 11.8 Å². The zero-order chi connectivity index (χ0) is 19.8. The summed E-state index contributed by atoms with van der Waals surface area (Å²) in [6.45, 7) is 3.97. The molecule has 2 aromatic carbocycles. The lowest BCUT2D eigenvalue weighted by molar-refractivity contribution is 0.0934. The molecule has 0 fully saturated rings. The van der Waals surface area contributed by atoms with E-state index in [9.17, 15) is 9.59 Å². The number of amides is 2. The van der Waals surface area contributed by atoms with Crippen LogP contribution in [0.25, 0.3) is 0 Å². The smallest absolute Gasteiger partial charge is 0.271 e. The number of nitrogens with one attached hydrogen (secondary N) is 3. The van der Waals surface area contributed by atoms with Crippen LogP contribution in [0.15, 0.2) is 48.5 Å². The highest BCUT2D eigenvalue weighted by Gasteiger charge is 2.12. The highest BCUT2D eigenvalue weighted by Crippen LogP contribution is 2.16. The van der Waals surface area contributed by atoms with E-state index in [4.69, 9.17) is 28.6 Å². The molecule has 2 aromatic rings. The molecule has 2 rings (SSSR count). The first-order chi connectivity index (χ1) is 12.9. The Bertz CT molecular complexity index is 844. The van der Waals surface area contributed by atoms with Gasteiger partial charge >= 0.3 is 0 Å². The minimum atomic E-state index is -0.471. The molecule has 0 saturated carbocycles. The third-order valence-corrected chi connectivity index (χ3v) is 4.18. The van der Waals surface area contributed by atoms with Crippen molar-refractivity contribution in [2.24, 2.45) is 0 Å². The van der Waals surface area contributed by atoms with Crippen LogP contribution in [0.4, 0.5) is 0 Å². The molecule has 27 heavy (non-hydrogen) atoms. The molecule has 1 atom stereocenters. The highest BCUT2D eigenvalue weighted by molar-refractivity contribution is 7.80. The first-order valence-electron chi connectivity index (χ1n) is 8.33. The molecule has 0 spiro atoms. The van der Waals surface area contributed by atoms with Gasteiger partial charge in [-0.15, -0.1) is 0 Å². The molecular weight excluding hydrogens is 386 g/mol. The zero-order valence-electron chi connectivity index (χ0n) is 14.9. The topological polar surface area (TPSA) is 79.5 Å². The van der Waals surface area contributed by atoms with Crippen molar-refractivity contribution in [3.8, 4) is 5.75 Å². The Morgan fingerprint density at radius 2 is 1.85 bits per heavy atom. The monoisotopic (exact) mass is 405 g/mol. The van der Waals surface area contributed by atoms with Crippen LogP contribution >= 0.6 is 23.8 Å². The fourth-order valence-electron chi connectivity index (χ4n) is 2.06. The molecule has 142 valence electrons. The van der Waals surface area contributed by atoms with Crippen molar-refractivity contribution in [1.82, 2.24) is 16.2 Å². The Balaban J connectivity index is 1.90. The summed E-state index contributed by atoms with van der Waals surface area (Å²) in [4.78, 5) is 24.4. The number of carbonyl (C=O) groups excluding carboxylic acids is 2. The number of benzene rings is 2. The summed E-state index contributed by atoms with van der Waals surface area (Å²) in [6, 6.07) is 13.4. The van der Waals surface area contributed by atoms with Crippen molar-refractivity contribution in [3.05, 3.63) is 64.7 Å². The second-order valence-electron chi connectivity index (χ2n) is 5.71. The zero-order valence-corrected chi connectivity index (χ0v) is 16.5. The number of rotatable bonds is 5. The molecule has 0 bridgehead atoms. The summed E-state index contributed by atoms with van der Waals surface area (Å²) in [5, 5.41) is 2.75. The Morgan fingerprint density at radius 1 is 1.11 bits per heavy atom. The minimum Gasteiger partial charge on any atom is -0.491 e.